The molecule has 2 N–H and O–H groups in total. The number of aliphatic hydroxyl groups is 1. The molecule has 1 aromatic heterocycles. The van der Waals surface area contributed by atoms with Gasteiger partial charge in [0.15, 0.2) is 0 Å². The molecule has 202 valence electrons. The van der Waals surface area contributed by atoms with Gasteiger partial charge in [-0.25, -0.2) is 4.79 Å². The number of benzene rings is 1. The van der Waals surface area contributed by atoms with Gasteiger partial charge in [-0.2, -0.15) is 18.2 Å². The zero-order chi connectivity index (χ0) is 26.6. The number of aliphatic hydroxyl groups excluding tert-OH is 1. The van der Waals surface area contributed by atoms with Crippen LogP contribution in [0.4, 0.5) is 29.5 Å². The standard InChI is InChI=1S/C26H33F3N4O4/c1-17-3-4-21(30-25(35)33-6-5-19(16-33)18(2)26(27,28)29)15-22(17)20-13-23(32-7-10-36-11-8-32)31-24(14-20)37-12-9-34/h3-4,13-15,18-19,34H,5-12,16H2,1-2H3,(H,30,35)/t18?,19-/m0/s1. The van der Waals surface area contributed by atoms with Crippen molar-refractivity contribution in [3.8, 4) is 17.0 Å². The van der Waals surface area contributed by atoms with Gasteiger partial charge in [-0.3, -0.25) is 0 Å². The molecule has 0 saturated carbocycles. The molecule has 11 heteroatoms. The maximum Gasteiger partial charge on any atom is 0.391 e. The molecule has 2 atom stereocenters. The summed E-state index contributed by atoms with van der Waals surface area (Å²) in [5.74, 6) is -0.953. The molecule has 3 heterocycles. The van der Waals surface area contributed by atoms with Gasteiger partial charge in [0, 0.05) is 37.9 Å². The highest BCUT2D eigenvalue weighted by molar-refractivity contribution is 5.90. The number of nitrogens with one attached hydrogen (secondary N) is 1. The van der Waals surface area contributed by atoms with E-state index in [4.69, 9.17) is 9.47 Å². The molecule has 37 heavy (non-hydrogen) atoms. The fourth-order valence-electron chi connectivity index (χ4n) is 4.69. The van der Waals surface area contributed by atoms with Crippen molar-refractivity contribution in [3.63, 3.8) is 0 Å². The third-order valence-corrected chi connectivity index (χ3v) is 7.00. The summed E-state index contributed by atoms with van der Waals surface area (Å²) in [4.78, 5) is 21.0. The molecular weight excluding hydrogens is 489 g/mol. The average molecular weight is 523 g/mol. The van der Waals surface area contributed by atoms with Crippen LogP contribution in [0.2, 0.25) is 0 Å². The van der Waals surface area contributed by atoms with Crippen LogP contribution in [0.1, 0.15) is 18.9 Å². The first-order valence-electron chi connectivity index (χ1n) is 12.5. The highest BCUT2D eigenvalue weighted by Crippen LogP contribution is 2.37. The molecule has 0 aliphatic carbocycles. The van der Waals surface area contributed by atoms with Crippen molar-refractivity contribution >= 4 is 17.5 Å². The molecular formula is C26H33F3N4O4. The predicted octanol–water partition coefficient (Wildman–Crippen LogP) is 4.32. The van der Waals surface area contributed by atoms with E-state index in [0.29, 0.717) is 44.3 Å². The number of alkyl halides is 3. The number of likely N-dealkylation sites (tertiary alicyclic amines) is 1. The summed E-state index contributed by atoms with van der Waals surface area (Å²) >= 11 is 0. The van der Waals surface area contributed by atoms with Crippen LogP contribution in [0.25, 0.3) is 11.1 Å². The summed E-state index contributed by atoms with van der Waals surface area (Å²) in [6, 6.07) is 8.82. The Morgan fingerprint density at radius 1 is 1.24 bits per heavy atom. The minimum absolute atomic E-state index is 0.0735. The number of morpholine rings is 1. The summed E-state index contributed by atoms with van der Waals surface area (Å²) in [6.07, 6.45) is -3.95. The molecule has 1 aromatic carbocycles. The van der Waals surface area contributed by atoms with Crippen molar-refractivity contribution in [2.24, 2.45) is 11.8 Å². The average Bonchev–Trinajstić information content (AvgIpc) is 3.38. The Morgan fingerprint density at radius 3 is 2.70 bits per heavy atom. The molecule has 0 spiro atoms. The zero-order valence-electron chi connectivity index (χ0n) is 21.1. The van der Waals surface area contributed by atoms with Crippen molar-refractivity contribution in [2.45, 2.75) is 26.4 Å². The number of nitrogens with zero attached hydrogens (tertiary/aromatic N) is 3. The molecule has 2 amide bonds. The van der Waals surface area contributed by atoms with Crippen molar-refractivity contribution in [1.29, 1.82) is 0 Å². The Hall–Kier alpha value is -3.05. The molecule has 2 aliphatic heterocycles. The van der Waals surface area contributed by atoms with Gasteiger partial charge in [0.2, 0.25) is 5.88 Å². The number of ether oxygens (including phenoxy) is 2. The summed E-state index contributed by atoms with van der Waals surface area (Å²) < 4.78 is 50.4. The lowest BCUT2D eigenvalue weighted by Gasteiger charge is -2.28. The van der Waals surface area contributed by atoms with Crippen LogP contribution in [0.5, 0.6) is 5.88 Å². The molecule has 2 aliphatic rings. The van der Waals surface area contributed by atoms with Crippen molar-refractivity contribution in [3.05, 3.63) is 35.9 Å². The first-order valence-corrected chi connectivity index (χ1v) is 12.5. The van der Waals surface area contributed by atoms with Gasteiger partial charge in [0.05, 0.1) is 25.7 Å². The first-order chi connectivity index (χ1) is 17.7. The van der Waals surface area contributed by atoms with Crippen LogP contribution in [0.15, 0.2) is 30.3 Å². The quantitative estimate of drug-likeness (QED) is 0.564. The summed E-state index contributed by atoms with van der Waals surface area (Å²) in [5.41, 5.74) is 3.19. The number of aryl methyl sites for hydroxylation is 1. The van der Waals surface area contributed by atoms with E-state index in [1.807, 2.05) is 25.1 Å². The number of halogens is 3. The van der Waals surface area contributed by atoms with Gasteiger partial charge in [0.1, 0.15) is 12.4 Å². The van der Waals surface area contributed by atoms with Crippen molar-refractivity contribution in [2.75, 3.05) is 62.8 Å². The number of anilines is 2. The molecule has 0 radical (unpaired) electrons. The Balaban J connectivity index is 1.54. The topological polar surface area (TPSA) is 87.2 Å². The number of hydrogen-bond donors (Lipinski definition) is 2. The van der Waals surface area contributed by atoms with E-state index < -0.39 is 24.0 Å². The summed E-state index contributed by atoms with van der Waals surface area (Å²) in [6.45, 7) is 6.03. The highest BCUT2D eigenvalue weighted by atomic mass is 19.4. The Morgan fingerprint density at radius 2 is 2.00 bits per heavy atom. The number of aromatic nitrogens is 1. The predicted molar refractivity (Wildman–Crippen MR) is 134 cm³/mol. The van der Waals surface area contributed by atoms with Crippen LogP contribution in [0.3, 0.4) is 0 Å². The number of pyridine rings is 1. The minimum Gasteiger partial charge on any atom is -0.475 e. The lowest BCUT2D eigenvalue weighted by Crippen LogP contribution is -2.36. The van der Waals surface area contributed by atoms with E-state index in [1.165, 1.54) is 11.8 Å². The van der Waals surface area contributed by atoms with Crippen LogP contribution in [-0.2, 0) is 4.74 Å². The SMILES string of the molecule is Cc1ccc(NC(=O)N2CC[C@H](C(C)C(F)(F)F)C2)cc1-c1cc(OCCO)nc(N2CCOCC2)c1. The van der Waals surface area contributed by atoms with E-state index >= 15 is 0 Å². The van der Waals surface area contributed by atoms with E-state index in [0.717, 1.165) is 22.5 Å². The van der Waals surface area contributed by atoms with E-state index in [1.54, 1.807) is 12.1 Å². The first kappa shape index (κ1) is 27.0. The largest absolute Gasteiger partial charge is 0.475 e. The second-order valence-electron chi connectivity index (χ2n) is 9.51. The number of rotatable bonds is 7. The van der Waals surface area contributed by atoms with Gasteiger partial charge in [-0.1, -0.05) is 13.0 Å². The smallest absolute Gasteiger partial charge is 0.391 e. The second kappa shape index (κ2) is 11.6. The monoisotopic (exact) mass is 522 g/mol. The number of hydrogen-bond acceptors (Lipinski definition) is 6. The molecule has 2 saturated heterocycles. The normalized spacial score (nSPS) is 19.1. The Bertz CT molecular complexity index is 1090. The molecule has 0 bridgehead atoms. The van der Waals surface area contributed by atoms with Crippen LogP contribution in [0, 0.1) is 18.8 Å². The van der Waals surface area contributed by atoms with Gasteiger partial charge in [-0.15, -0.1) is 0 Å². The highest BCUT2D eigenvalue weighted by Gasteiger charge is 2.44. The van der Waals surface area contributed by atoms with Crippen LogP contribution >= 0.6 is 0 Å². The zero-order valence-corrected chi connectivity index (χ0v) is 21.1. The number of amides is 2. The van der Waals surface area contributed by atoms with Gasteiger partial charge < -0.3 is 29.7 Å². The van der Waals surface area contributed by atoms with Crippen LogP contribution in [-0.4, -0.2) is 79.8 Å². The van der Waals surface area contributed by atoms with E-state index in [-0.39, 0.29) is 26.3 Å². The Labute approximate surface area is 214 Å². The van der Waals surface area contributed by atoms with Gasteiger partial charge in [0.25, 0.3) is 0 Å². The summed E-state index contributed by atoms with van der Waals surface area (Å²) in [7, 11) is 0. The lowest BCUT2D eigenvalue weighted by atomic mass is 9.93. The number of urea groups is 1. The fourth-order valence-corrected chi connectivity index (χ4v) is 4.69. The van der Waals surface area contributed by atoms with Crippen molar-refractivity contribution < 1.29 is 32.5 Å². The fraction of sp³-hybridized carbons (Fsp3) is 0.538. The number of carbonyl (C=O) groups excluding carboxylic acids is 1. The third kappa shape index (κ3) is 6.64. The minimum atomic E-state index is -4.27. The van der Waals surface area contributed by atoms with Crippen LogP contribution < -0.4 is 15.0 Å². The second-order valence-corrected chi connectivity index (χ2v) is 9.51. The summed E-state index contributed by atoms with van der Waals surface area (Å²) in [5, 5.41) is 12.0. The molecule has 2 aromatic rings. The molecule has 1 unspecified atom stereocenters. The van der Waals surface area contributed by atoms with Gasteiger partial charge in [-0.05, 0) is 54.2 Å². The molecule has 2 fully saturated rings. The molecule has 4 rings (SSSR count). The third-order valence-electron chi connectivity index (χ3n) is 7.00. The van der Waals surface area contributed by atoms with E-state index in [2.05, 4.69) is 15.2 Å². The molecule has 8 nitrogen and oxygen atoms in total. The number of carbonyl (C=O) groups is 1. The Kier molecular flexibility index (Phi) is 8.43. The maximum atomic E-state index is 13.1. The maximum absolute atomic E-state index is 13.1. The van der Waals surface area contributed by atoms with E-state index in [9.17, 15) is 23.1 Å². The lowest BCUT2D eigenvalue weighted by molar-refractivity contribution is -0.182. The van der Waals surface area contributed by atoms with Gasteiger partial charge >= 0.3 is 12.2 Å². The van der Waals surface area contributed by atoms with Crippen molar-refractivity contribution in [1.82, 2.24) is 9.88 Å².